The molecule has 3 aromatic rings. The van der Waals surface area contributed by atoms with Gasteiger partial charge in [0.25, 0.3) is 5.91 Å². The Morgan fingerprint density at radius 1 is 1.16 bits per heavy atom. The predicted octanol–water partition coefficient (Wildman–Crippen LogP) is 2.05. The summed E-state index contributed by atoms with van der Waals surface area (Å²) in [6, 6.07) is 13.5. The SMILES string of the molecule is O=C1CN(C(=O)c2cc3cnccc3[nH]2)CCN1Cc1ccccc1. The first-order valence-electron chi connectivity index (χ1n) is 8.24. The highest BCUT2D eigenvalue weighted by Gasteiger charge is 2.28. The van der Waals surface area contributed by atoms with Crippen LogP contribution in [0.15, 0.2) is 54.9 Å². The van der Waals surface area contributed by atoms with Crippen LogP contribution in [0.25, 0.3) is 10.9 Å². The molecule has 1 fully saturated rings. The number of aromatic amines is 1. The van der Waals surface area contributed by atoms with Crippen molar-refractivity contribution < 1.29 is 9.59 Å². The molecule has 0 atom stereocenters. The molecule has 0 unspecified atom stereocenters. The number of aromatic nitrogens is 2. The standard InChI is InChI=1S/C19H18N4O2/c24-18-13-23(9-8-22(18)12-14-4-2-1-3-5-14)19(25)17-10-15-11-20-7-6-16(15)21-17/h1-7,10-11,21H,8-9,12-13H2. The fourth-order valence-corrected chi connectivity index (χ4v) is 3.11. The summed E-state index contributed by atoms with van der Waals surface area (Å²) >= 11 is 0. The molecule has 0 bridgehead atoms. The van der Waals surface area contributed by atoms with Crippen molar-refractivity contribution in [3.8, 4) is 0 Å². The van der Waals surface area contributed by atoms with Gasteiger partial charge in [0, 0.05) is 42.9 Å². The van der Waals surface area contributed by atoms with Crippen LogP contribution in [-0.2, 0) is 11.3 Å². The van der Waals surface area contributed by atoms with Gasteiger partial charge in [0.1, 0.15) is 12.2 Å². The van der Waals surface area contributed by atoms with Gasteiger partial charge >= 0.3 is 0 Å². The Bertz CT molecular complexity index is 886. The number of fused-ring (bicyclic) bond motifs is 1. The fraction of sp³-hybridized carbons (Fsp3) is 0.211. The number of H-pyrrole nitrogens is 1. The number of pyridine rings is 1. The van der Waals surface area contributed by atoms with E-state index in [0.29, 0.717) is 25.3 Å². The highest BCUT2D eigenvalue weighted by molar-refractivity contribution is 5.99. The zero-order valence-electron chi connectivity index (χ0n) is 13.7. The summed E-state index contributed by atoms with van der Waals surface area (Å²) in [5.41, 5.74) is 2.46. The van der Waals surface area contributed by atoms with E-state index in [2.05, 4.69) is 9.97 Å². The van der Waals surface area contributed by atoms with Crippen molar-refractivity contribution in [3.05, 3.63) is 66.1 Å². The molecule has 0 spiro atoms. The van der Waals surface area contributed by atoms with E-state index in [-0.39, 0.29) is 18.4 Å². The quantitative estimate of drug-likeness (QED) is 0.797. The summed E-state index contributed by atoms with van der Waals surface area (Å²) in [7, 11) is 0. The van der Waals surface area contributed by atoms with Gasteiger partial charge in [-0.1, -0.05) is 30.3 Å². The van der Waals surface area contributed by atoms with Gasteiger partial charge in [-0.15, -0.1) is 0 Å². The van der Waals surface area contributed by atoms with Crippen LogP contribution < -0.4 is 0 Å². The van der Waals surface area contributed by atoms with Crippen molar-refractivity contribution in [1.29, 1.82) is 0 Å². The van der Waals surface area contributed by atoms with Crippen LogP contribution in [0.5, 0.6) is 0 Å². The van der Waals surface area contributed by atoms with Crippen LogP contribution in [0.4, 0.5) is 0 Å². The molecule has 6 nitrogen and oxygen atoms in total. The molecule has 0 aliphatic carbocycles. The lowest BCUT2D eigenvalue weighted by molar-refractivity contribution is -0.135. The van der Waals surface area contributed by atoms with Crippen LogP contribution in [-0.4, -0.2) is 51.2 Å². The Balaban J connectivity index is 1.45. The van der Waals surface area contributed by atoms with E-state index >= 15 is 0 Å². The molecule has 1 aliphatic heterocycles. The first-order chi connectivity index (χ1) is 12.2. The Hall–Kier alpha value is -3.15. The lowest BCUT2D eigenvalue weighted by atomic mass is 10.2. The minimum absolute atomic E-state index is 0.0266. The third kappa shape index (κ3) is 3.10. The monoisotopic (exact) mass is 334 g/mol. The zero-order chi connectivity index (χ0) is 17.2. The number of amides is 2. The van der Waals surface area contributed by atoms with E-state index in [4.69, 9.17) is 0 Å². The maximum absolute atomic E-state index is 12.7. The van der Waals surface area contributed by atoms with Crippen LogP contribution in [0.1, 0.15) is 16.1 Å². The summed E-state index contributed by atoms with van der Waals surface area (Å²) in [4.78, 5) is 35.7. The number of carbonyl (C=O) groups is 2. The van der Waals surface area contributed by atoms with E-state index in [0.717, 1.165) is 16.5 Å². The van der Waals surface area contributed by atoms with Crippen molar-refractivity contribution in [2.75, 3.05) is 19.6 Å². The summed E-state index contributed by atoms with van der Waals surface area (Å²) in [6.07, 6.45) is 3.39. The van der Waals surface area contributed by atoms with Crippen LogP contribution in [0.2, 0.25) is 0 Å². The lowest BCUT2D eigenvalue weighted by Crippen LogP contribution is -2.51. The fourth-order valence-electron chi connectivity index (χ4n) is 3.11. The first-order valence-corrected chi connectivity index (χ1v) is 8.24. The van der Waals surface area contributed by atoms with E-state index in [1.165, 1.54) is 0 Å². The second-order valence-electron chi connectivity index (χ2n) is 6.17. The largest absolute Gasteiger partial charge is 0.350 e. The van der Waals surface area contributed by atoms with Crippen LogP contribution in [0.3, 0.4) is 0 Å². The van der Waals surface area contributed by atoms with E-state index in [9.17, 15) is 9.59 Å². The Kier molecular flexibility index (Phi) is 3.93. The third-order valence-corrected chi connectivity index (χ3v) is 4.47. The molecule has 0 saturated carbocycles. The lowest BCUT2D eigenvalue weighted by Gasteiger charge is -2.34. The summed E-state index contributed by atoms with van der Waals surface area (Å²) in [5, 5.41) is 0.889. The number of carbonyl (C=O) groups excluding carboxylic acids is 2. The normalized spacial score (nSPS) is 15.0. The van der Waals surface area contributed by atoms with Crippen LogP contribution in [0, 0.1) is 0 Å². The van der Waals surface area contributed by atoms with Crippen molar-refractivity contribution >= 4 is 22.7 Å². The topological polar surface area (TPSA) is 69.3 Å². The zero-order valence-corrected chi connectivity index (χ0v) is 13.7. The second-order valence-corrected chi connectivity index (χ2v) is 6.17. The molecule has 0 radical (unpaired) electrons. The average molecular weight is 334 g/mol. The van der Waals surface area contributed by atoms with Gasteiger partial charge in [-0.05, 0) is 17.7 Å². The predicted molar refractivity (Wildman–Crippen MR) is 93.9 cm³/mol. The van der Waals surface area contributed by atoms with Gasteiger partial charge < -0.3 is 14.8 Å². The second kappa shape index (κ2) is 6.39. The Morgan fingerprint density at radius 2 is 2.00 bits per heavy atom. The van der Waals surface area contributed by atoms with Gasteiger partial charge in [-0.3, -0.25) is 14.6 Å². The number of nitrogens with zero attached hydrogens (tertiary/aromatic N) is 3. The number of rotatable bonds is 3. The van der Waals surface area contributed by atoms with E-state index < -0.39 is 0 Å². The van der Waals surface area contributed by atoms with E-state index in [1.54, 1.807) is 28.3 Å². The number of hydrogen-bond donors (Lipinski definition) is 1. The number of hydrogen-bond acceptors (Lipinski definition) is 3. The maximum Gasteiger partial charge on any atom is 0.270 e. The van der Waals surface area contributed by atoms with Gasteiger partial charge in [0.2, 0.25) is 5.91 Å². The minimum Gasteiger partial charge on any atom is -0.350 e. The van der Waals surface area contributed by atoms with Crippen molar-refractivity contribution in [1.82, 2.24) is 19.8 Å². The molecule has 1 aliphatic rings. The smallest absolute Gasteiger partial charge is 0.270 e. The first kappa shape index (κ1) is 15.4. The van der Waals surface area contributed by atoms with Gasteiger partial charge in [0.05, 0.1) is 0 Å². The highest BCUT2D eigenvalue weighted by atomic mass is 16.2. The van der Waals surface area contributed by atoms with E-state index in [1.807, 2.05) is 36.4 Å². The van der Waals surface area contributed by atoms with Crippen molar-refractivity contribution in [2.24, 2.45) is 0 Å². The number of nitrogens with one attached hydrogen (secondary N) is 1. The Labute approximate surface area is 145 Å². The molecule has 3 heterocycles. The van der Waals surface area contributed by atoms with Gasteiger partial charge in [-0.25, -0.2) is 0 Å². The summed E-state index contributed by atoms with van der Waals surface area (Å²) < 4.78 is 0. The van der Waals surface area contributed by atoms with Gasteiger partial charge in [0.15, 0.2) is 0 Å². The molecular weight excluding hydrogens is 316 g/mol. The third-order valence-electron chi connectivity index (χ3n) is 4.47. The molecular formula is C19H18N4O2. The maximum atomic E-state index is 12.7. The molecule has 1 aromatic carbocycles. The van der Waals surface area contributed by atoms with Crippen molar-refractivity contribution in [2.45, 2.75) is 6.54 Å². The highest BCUT2D eigenvalue weighted by Crippen LogP contribution is 2.17. The van der Waals surface area contributed by atoms with Crippen LogP contribution >= 0.6 is 0 Å². The Morgan fingerprint density at radius 3 is 2.76 bits per heavy atom. The minimum atomic E-state index is -0.149. The number of piperazine rings is 1. The molecule has 1 N–H and O–H groups in total. The van der Waals surface area contributed by atoms with Crippen molar-refractivity contribution in [3.63, 3.8) is 0 Å². The molecule has 4 rings (SSSR count). The molecule has 1 saturated heterocycles. The average Bonchev–Trinajstić information content (AvgIpc) is 3.08. The molecule has 25 heavy (non-hydrogen) atoms. The molecule has 2 amide bonds. The summed E-state index contributed by atoms with van der Waals surface area (Å²) in [5.74, 6) is -0.176. The molecule has 126 valence electrons. The summed E-state index contributed by atoms with van der Waals surface area (Å²) in [6.45, 7) is 1.77. The number of benzene rings is 1. The molecule has 2 aromatic heterocycles. The van der Waals surface area contributed by atoms with Gasteiger partial charge in [-0.2, -0.15) is 0 Å². The molecule has 6 heteroatoms.